The summed E-state index contributed by atoms with van der Waals surface area (Å²) in [6, 6.07) is 9.46. The minimum absolute atomic E-state index is 0.00513. The molecule has 0 heterocycles. The van der Waals surface area contributed by atoms with Crippen molar-refractivity contribution < 1.29 is 4.79 Å². The van der Waals surface area contributed by atoms with E-state index >= 15 is 0 Å². The Kier molecular flexibility index (Phi) is 3.28. The number of benzene rings is 1. The molecule has 1 aromatic rings. The maximum absolute atomic E-state index is 12.0. The van der Waals surface area contributed by atoms with Crippen LogP contribution in [0.1, 0.15) is 49.4 Å². The molecule has 1 saturated carbocycles. The van der Waals surface area contributed by atoms with Crippen molar-refractivity contribution in [3.05, 3.63) is 35.9 Å². The van der Waals surface area contributed by atoms with Crippen molar-refractivity contribution in [2.75, 3.05) is 0 Å². The summed E-state index contributed by atoms with van der Waals surface area (Å²) in [6.45, 7) is 2.16. The van der Waals surface area contributed by atoms with Gasteiger partial charge in [-0.2, -0.15) is 0 Å². The molecule has 16 heavy (non-hydrogen) atoms. The zero-order valence-corrected chi connectivity index (χ0v) is 9.83. The van der Waals surface area contributed by atoms with Crippen LogP contribution in [0.2, 0.25) is 0 Å². The topological polar surface area (TPSA) is 29.1 Å². The summed E-state index contributed by atoms with van der Waals surface area (Å²) < 4.78 is 0. The van der Waals surface area contributed by atoms with E-state index in [-0.39, 0.29) is 11.4 Å². The first kappa shape index (κ1) is 11.2. The molecule has 0 aromatic heterocycles. The second-order valence-corrected chi connectivity index (χ2v) is 4.94. The Morgan fingerprint density at radius 3 is 2.38 bits per heavy atom. The third-order valence-corrected chi connectivity index (χ3v) is 3.41. The molecular weight excluding hydrogens is 198 g/mol. The van der Waals surface area contributed by atoms with Crippen LogP contribution in [0.3, 0.4) is 0 Å². The largest absolute Gasteiger partial charge is 0.347 e. The number of nitrogens with one attached hydrogen (secondary N) is 1. The molecule has 2 rings (SSSR count). The van der Waals surface area contributed by atoms with Gasteiger partial charge in [-0.05, 0) is 31.9 Å². The fourth-order valence-corrected chi connectivity index (χ4v) is 2.39. The number of hydrogen-bond acceptors (Lipinski definition) is 1. The van der Waals surface area contributed by atoms with Crippen LogP contribution in [0.4, 0.5) is 0 Å². The summed E-state index contributed by atoms with van der Waals surface area (Å²) in [6.07, 6.45) is 5.96. The average Bonchev–Trinajstić information content (AvgIpc) is 2.30. The Bertz CT molecular complexity index is 352. The van der Waals surface area contributed by atoms with E-state index in [0.717, 1.165) is 18.4 Å². The Morgan fingerprint density at radius 2 is 1.75 bits per heavy atom. The van der Waals surface area contributed by atoms with Crippen LogP contribution in [0.15, 0.2) is 30.3 Å². The lowest BCUT2D eigenvalue weighted by Crippen LogP contribution is -2.47. The van der Waals surface area contributed by atoms with E-state index in [0.29, 0.717) is 0 Å². The molecule has 0 radical (unpaired) electrons. The summed E-state index contributed by atoms with van der Waals surface area (Å²) in [4.78, 5) is 12.0. The van der Waals surface area contributed by atoms with Gasteiger partial charge in [0.15, 0.2) is 0 Å². The summed E-state index contributed by atoms with van der Waals surface area (Å²) in [7, 11) is 0. The van der Waals surface area contributed by atoms with E-state index in [1.807, 2.05) is 30.3 Å². The molecule has 0 spiro atoms. The fourth-order valence-electron chi connectivity index (χ4n) is 2.39. The van der Waals surface area contributed by atoms with Crippen LogP contribution < -0.4 is 5.32 Å². The minimum Gasteiger partial charge on any atom is -0.347 e. The number of carbonyl (C=O) groups excluding carboxylic acids is 1. The summed E-state index contributed by atoms with van der Waals surface area (Å²) in [5, 5.41) is 3.17. The molecule has 1 N–H and O–H groups in total. The van der Waals surface area contributed by atoms with Gasteiger partial charge in [-0.1, -0.05) is 37.5 Å². The second-order valence-electron chi connectivity index (χ2n) is 4.94. The van der Waals surface area contributed by atoms with Crippen LogP contribution in [0.5, 0.6) is 0 Å². The standard InChI is InChI=1S/C14H19NO/c1-14(10-6-3-7-11-14)15-13(16)12-8-4-2-5-9-12/h2,4-5,8-9H,3,6-7,10-11H2,1H3,(H,15,16). The molecule has 86 valence electrons. The molecule has 0 aliphatic heterocycles. The Labute approximate surface area is 97.1 Å². The predicted octanol–water partition coefficient (Wildman–Crippen LogP) is 3.14. The molecule has 0 saturated heterocycles. The Morgan fingerprint density at radius 1 is 1.12 bits per heavy atom. The molecule has 0 unspecified atom stereocenters. The molecular formula is C14H19NO. The van der Waals surface area contributed by atoms with Gasteiger partial charge in [-0.3, -0.25) is 4.79 Å². The molecule has 1 aromatic carbocycles. The highest BCUT2D eigenvalue weighted by molar-refractivity contribution is 5.94. The van der Waals surface area contributed by atoms with Gasteiger partial charge in [0.1, 0.15) is 0 Å². The molecule has 0 bridgehead atoms. The van der Waals surface area contributed by atoms with Crippen LogP contribution >= 0.6 is 0 Å². The van der Waals surface area contributed by atoms with Gasteiger partial charge >= 0.3 is 0 Å². The van der Waals surface area contributed by atoms with Crippen LogP contribution in [0.25, 0.3) is 0 Å². The zero-order chi connectivity index (χ0) is 11.4. The van der Waals surface area contributed by atoms with E-state index < -0.39 is 0 Å². The first-order valence-electron chi connectivity index (χ1n) is 6.07. The van der Waals surface area contributed by atoms with Gasteiger partial charge in [-0.25, -0.2) is 0 Å². The number of hydrogen-bond donors (Lipinski definition) is 1. The summed E-state index contributed by atoms with van der Waals surface area (Å²) in [5.74, 6) is 0.0602. The number of rotatable bonds is 2. The first-order valence-corrected chi connectivity index (χ1v) is 6.07. The van der Waals surface area contributed by atoms with Crippen LogP contribution in [-0.2, 0) is 0 Å². The van der Waals surface area contributed by atoms with Crippen LogP contribution in [0, 0.1) is 0 Å². The van der Waals surface area contributed by atoms with E-state index in [9.17, 15) is 4.79 Å². The van der Waals surface area contributed by atoms with Crippen molar-refractivity contribution in [2.45, 2.75) is 44.6 Å². The molecule has 1 aliphatic rings. The summed E-state index contributed by atoms with van der Waals surface area (Å²) >= 11 is 0. The molecule has 2 nitrogen and oxygen atoms in total. The first-order chi connectivity index (χ1) is 7.70. The minimum atomic E-state index is 0.00513. The third-order valence-electron chi connectivity index (χ3n) is 3.41. The van der Waals surface area contributed by atoms with Crippen molar-refractivity contribution in [3.63, 3.8) is 0 Å². The van der Waals surface area contributed by atoms with E-state index in [4.69, 9.17) is 0 Å². The van der Waals surface area contributed by atoms with Crippen molar-refractivity contribution in [1.82, 2.24) is 5.32 Å². The summed E-state index contributed by atoms with van der Waals surface area (Å²) in [5.41, 5.74) is 0.764. The highest BCUT2D eigenvalue weighted by atomic mass is 16.1. The molecule has 1 amide bonds. The average molecular weight is 217 g/mol. The lowest BCUT2D eigenvalue weighted by atomic mass is 9.83. The Balaban J connectivity index is 2.01. The maximum atomic E-state index is 12.0. The zero-order valence-electron chi connectivity index (χ0n) is 9.83. The maximum Gasteiger partial charge on any atom is 0.251 e. The van der Waals surface area contributed by atoms with Crippen molar-refractivity contribution in [1.29, 1.82) is 0 Å². The van der Waals surface area contributed by atoms with Gasteiger partial charge in [0.05, 0.1) is 0 Å². The highest BCUT2D eigenvalue weighted by Crippen LogP contribution is 2.27. The van der Waals surface area contributed by atoms with Crippen molar-refractivity contribution in [2.24, 2.45) is 0 Å². The normalized spacial score (nSPS) is 19.1. The van der Waals surface area contributed by atoms with Gasteiger partial charge in [0.25, 0.3) is 5.91 Å². The molecule has 0 atom stereocenters. The van der Waals surface area contributed by atoms with Gasteiger partial charge in [-0.15, -0.1) is 0 Å². The molecule has 1 aliphatic carbocycles. The quantitative estimate of drug-likeness (QED) is 0.810. The van der Waals surface area contributed by atoms with Gasteiger partial charge < -0.3 is 5.32 Å². The second kappa shape index (κ2) is 4.69. The lowest BCUT2D eigenvalue weighted by molar-refractivity contribution is 0.0882. The van der Waals surface area contributed by atoms with E-state index in [2.05, 4.69) is 12.2 Å². The van der Waals surface area contributed by atoms with Crippen molar-refractivity contribution >= 4 is 5.91 Å². The Hall–Kier alpha value is -1.31. The van der Waals surface area contributed by atoms with Gasteiger partial charge in [0, 0.05) is 11.1 Å². The van der Waals surface area contributed by atoms with E-state index in [1.165, 1.54) is 19.3 Å². The van der Waals surface area contributed by atoms with Crippen LogP contribution in [-0.4, -0.2) is 11.4 Å². The lowest BCUT2D eigenvalue weighted by Gasteiger charge is -2.34. The molecule has 1 fully saturated rings. The monoisotopic (exact) mass is 217 g/mol. The van der Waals surface area contributed by atoms with Gasteiger partial charge in [0.2, 0.25) is 0 Å². The molecule has 2 heteroatoms. The van der Waals surface area contributed by atoms with Crippen molar-refractivity contribution in [3.8, 4) is 0 Å². The predicted molar refractivity (Wildman–Crippen MR) is 65.4 cm³/mol. The third kappa shape index (κ3) is 2.63. The highest BCUT2D eigenvalue weighted by Gasteiger charge is 2.28. The van der Waals surface area contributed by atoms with E-state index in [1.54, 1.807) is 0 Å². The fraction of sp³-hybridized carbons (Fsp3) is 0.500. The smallest absolute Gasteiger partial charge is 0.251 e. The number of amides is 1. The SMILES string of the molecule is CC1(NC(=O)c2ccccc2)CCCCC1. The number of carbonyl (C=O) groups is 1.